The lowest BCUT2D eigenvalue weighted by molar-refractivity contribution is -0.127. The Labute approximate surface area is 134 Å². The van der Waals surface area contributed by atoms with Crippen molar-refractivity contribution in [1.82, 2.24) is 20.2 Å². The minimum absolute atomic E-state index is 0.0395. The smallest absolute Gasteiger partial charge is 0.237 e. The van der Waals surface area contributed by atoms with Crippen LogP contribution < -0.4 is 10.6 Å². The number of imidazole rings is 1. The SMILES string of the molecule is CC(NC(=O)C(NCc1nccn1C)C(C)(C)C)C(C)(C)C. The van der Waals surface area contributed by atoms with Crippen LogP contribution in [0.3, 0.4) is 0 Å². The molecule has 0 saturated heterocycles. The molecule has 0 bridgehead atoms. The monoisotopic (exact) mass is 308 g/mol. The molecule has 2 unspecified atom stereocenters. The first-order valence-electron chi connectivity index (χ1n) is 7.93. The summed E-state index contributed by atoms with van der Waals surface area (Å²) < 4.78 is 1.96. The Balaban J connectivity index is 2.77. The molecule has 0 aliphatic heterocycles. The third-order valence-electron chi connectivity index (χ3n) is 4.17. The Bertz CT molecular complexity index is 493. The van der Waals surface area contributed by atoms with Crippen LogP contribution >= 0.6 is 0 Å². The van der Waals surface area contributed by atoms with Gasteiger partial charge in [-0.3, -0.25) is 10.1 Å². The summed E-state index contributed by atoms with van der Waals surface area (Å²) in [6.07, 6.45) is 3.68. The topological polar surface area (TPSA) is 59.0 Å². The number of nitrogens with one attached hydrogen (secondary N) is 2. The molecule has 0 aromatic carbocycles. The number of amides is 1. The molecule has 5 heteroatoms. The quantitative estimate of drug-likeness (QED) is 0.878. The van der Waals surface area contributed by atoms with Gasteiger partial charge >= 0.3 is 0 Å². The Morgan fingerprint density at radius 3 is 2.23 bits per heavy atom. The third kappa shape index (κ3) is 5.13. The van der Waals surface area contributed by atoms with Crippen LogP contribution in [0.5, 0.6) is 0 Å². The summed E-state index contributed by atoms with van der Waals surface area (Å²) in [7, 11) is 1.96. The Hall–Kier alpha value is -1.36. The molecule has 2 atom stereocenters. The summed E-state index contributed by atoms with van der Waals surface area (Å²) >= 11 is 0. The van der Waals surface area contributed by atoms with Crippen molar-refractivity contribution in [2.24, 2.45) is 17.9 Å². The van der Waals surface area contributed by atoms with Crippen LogP contribution in [-0.4, -0.2) is 27.5 Å². The molecule has 1 rings (SSSR count). The van der Waals surface area contributed by atoms with Gasteiger partial charge in [0.2, 0.25) is 5.91 Å². The van der Waals surface area contributed by atoms with Crippen molar-refractivity contribution in [2.75, 3.05) is 0 Å². The van der Waals surface area contributed by atoms with Crippen LogP contribution in [0.1, 0.15) is 54.3 Å². The minimum Gasteiger partial charge on any atom is -0.352 e. The van der Waals surface area contributed by atoms with E-state index in [1.54, 1.807) is 6.20 Å². The molecule has 0 spiro atoms. The van der Waals surface area contributed by atoms with E-state index in [-0.39, 0.29) is 28.8 Å². The highest BCUT2D eigenvalue weighted by Gasteiger charge is 2.33. The molecular weight excluding hydrogens is 276 g/mol. The molecule has 126 valence electrons. The Morgan fingerprint density at radius 1 is 1.23 bits per heavy atom. The van der Waals surface area contributed by atoms with Crippen LogP contribution in [0.4, 0.5) is 0 Å². The highest BCUT2D eigenvalue weighted by molar-refractivity contribution is 5.82. The van der Waals surface area contributed by atoms with Crippen molar-refractivity contribution in [3.05, 3.63) is 18.2 Å². The molecule has 0 fully saturated rings. The van der Waals surface area contributed by atoms with Gasteiger partial charge in [0.05, 0.1) is 12.6 Å². The molecule has 2 N–H and O–H groups in total. The van der Waals surface area contributed by atoms with Crippen LogP contribution in [-0.2, 0) is 18.4 Å². The number of aromatic nitrogens is 2. The van der Waals surface area contributed by atoms with Gasteiger partial charge in [-0.2, -0.15) is 0 Å². The van der Waals surface area contributed by atoms with E-state index in [1.165, 1.54) is 0 Å². The highest BCUT2D eigenvalue weighted by atomic mass is 16.2. The summed E-state index contributed by atoms with van der Waals surface area (Å²) in [6.45, 7) is 15.2. The molecule has 0 aliphatic rings. The zero-order valence-electron chi connectivity index (χ0n) is 15.3. The highest BCUT2D eigenvalue weighted by Crippen LogP contribution is 2.22. The Morgan fingerprint density at radius 2 is 1.82 bits per heavy atom. The molecule has 1 amide bonds. The Kier molecular flexibility index (Phi) is 5.79. The lowest BCUT2D eigenvalue weighted by Crippen LogP contribution is -2.55. The molecule has 0 aliphatic carbocycles. The molecule has 5 nitrogen and oxygen atoms in total. The van der Waals surface area contributed by atoms with Crippen molar-refractivity contribution in [3.8, 4) is 0 Å². The number of rotatable bonds is 5. The van der Waals surface area contributed by atoms with E-state index in [2.05, 4.69) is 64.1 Å². The summed E-state index contributed by atoms with van der Waals surface area (Å²) in [6, 6.07) is -0.159. The molecule has 0 saturated carbocycles. The van der Waals surface area contributed by atoms with E-state index in [4.69, 9.17) is 0 Å². The van der Waals surface area contributed by atoms with Crippen molar-refractivity contribution in [1.29, 1.82) is 0 Å². The largest absolute Gasteiger partial charge is 0.352 e. The number of hydrogen-bond acceptors (Lipinski definition) is 3. The summed E-state index contributed by atoms with van der Waals surface area (Å²) in [5, 5.41) is 6.51. The fourth-order valence-electron chi connectivity index (χ4n) is 2.07. The van der Waals surface area contributed by atoms with Crippen molar-refractivity contribution in [3.63, 3.8) is 0 Å². The summed E-state index contributed by atoms with van der Waals surface area (Å²) in [4.78, 5) is 17.0. The normalized spacial score (nSPS) is 15.5. The van der Waals surface area contributed by atoms with E-state index in [0.29, 0.717) is 6.54 Å². The van der Waals surface area contributed by atoms with Crippen LogP contribution in [0, 0.1) is 10.8 Å². The maximum atomic E-state index is 12.7. The maximum Gasteiger partial charge on any atom is 0.237 e. The second-order valence-corrected chi connectivity index (χ2v) is 8.23. The molecule has 1 heterocycles. The predicted molar refractivity (Wildman–Crippen MR) is 90.4 cm³/mol. The fraction of sp³-hybridized carbons (Fsp3) is 0.765. The van der Waals surface area contributed by atoms with Gasteiger partial charge in [0.15, 0.2) is 0 Å². The standard InChI is InChI=1S/C17H32N4O/c1-12(16(2,3)4)20-15(22)14(17(5,6)7)19-11-13-18-9-10-21(13)8/h9-10,12,14,19H,11H2,1-8H3,(H,20,22). The van der Waals surface area contributed by atoms with E-state index in [9.17, 15) is 4.79 Å². The second-order valence-electron chi connectivity index (χ2n) is 8.23. The van der Waals surface area contributed by atoms with Gasteiger partial charge in [0.25, 0.3) is 0 Å². The van der Waals surface area contributed by atoms with E-state index < -0.39 is 0 Å². The molecule has 1 aromatic heterocycles. The van der Waals surface area contributed by atoms with Gasteiger partial charge in [-0.05, 0) is 17.8 Å². The van der Waals surface area contributed by atoms with Crippen molar-refractivity contribution >= 4 is 5.91 Å². The van der Waals surface area contributed by atoms with Crippen LogP contribution in [0.15, 0.2) is 12.4 Å². The van der Waals surface area contributed by atoms with E-state index in [1.807, 2.05) is 17.8 Å². The first kappa shape index (κ1) is 18.7. The molecule has 22 heavy (non-hydrogen) atoms. The third-order valence-corrected chi connectivity index (χ3v) is 4.17. The average molecular weight is 308 g/mol. The van der Waals surface area contributed by atoms with Gasteiger partial charge in [0.1, 0.15) is 5.82 Å². The summed E-state index contributed by atoms with van der Waals surface area (Å²) in [5.41, 5.74) is -0.134. The number of aryl methyl sites for hydroxylation is 1. The zero-order valence-corrected chi connectivity index (χ0v) is 15.3. The molecule has 0 radical (unpaired) electrons. The lowest BCUT2D eigenvalue weighted by Gasteiger charge is -2.34. The number of carbonyl (C=O) groups is 1. The van der Waals surface area contributed by atoms with Crippen LogP contribution in [0.25, 0.3) is 0 Å². The van der Waals surface area contributed by atoms with Gasteiger partial charge in [0, 0.05) is 25.5 Å². The van der Waals surface area contributed by atoms with Crippen molar-refractivity contribution < 1.29 is 4.79 Å². The second kappa shape index (κ2) is 6.82. The first-order valence-corrected chi connectivity index (χ1v) is 7.93. The summed E-state index contributed by atoms with van der Waals surface area (Å²) in [5.74, 6) is 0.968. The van der Waals surface area contributed by atoms with Gasteiger partial charge < -0.3 is 9.88 Å². The maximum absolute atomic E-state index is 12.7. The number of hydrogen-bond donors (Lipinski definition) is 2. The minimum atomic E-state index is -0.269. The average Bonchev–Trinajstić information content (AvgIpc) is 2.72. The van der Waals surface area contributed by atoms with Gasteiger partial charge in [-0.1, -0.05) is 41.5 Å². The number of carbonyl (C=O) groups excluding carboxylic acids is 1. The van der Waals surface area contributed by atoms with Gasteiger partial charge in [-0.25, -0.2) is 4.98 Å². The van der Waals surface area contributed by atoms with E-state index >= 15 is 0 Å². The number of nitrogens with zero attached hydrogens (tertiary/aromatic N) is 2. The van der Waals surface area contributed by atoms with Crippen molar-refractivity contribution in [2.45, 2.75) is 67.1 Å². The first-order chi connectivity index (χ1) is 9.93. The van der Waals surface area contributed by atoms with Crippen LogP contribution in [0.2, 0.25) is 0 Å². The van der Waals surface area contributed by atoms with Gasteiger partial charge in [-0.15, -0.1) is 0 Å². The molecular formula is C17H32N4O. The lowest BCUT2D eigenvalue weighted by atomic mass is 9.84. The fourth-order valence-corrected chi connectivity index (χ4v) is 2.07. The zero-order chi connectivity index (χ0) is 17.1. The predicted octanol–water partition coefficient (Wildman–Crippen LogP) is 2.48. The molecule has 1 aromatic rings. The van der Waals surface area contributed by atoms with E-state index in [0.717, 1.165) is 5.82 Å².